The number of aromatic nitrogens is 3. The largest absolute Gasteiger partial charge is 0.335 e. The van der Waals surface area contributed by atoms with Crippen LogP contribution in [0.3, 0.4) is 0 Å². The molecule has 0 fully saturated rings. The van der Waals surface area contributed by atoms with Crippen molar-refractivity contribution < 1.29 is 8.60 Å². The Balaban J connectivity index is 0.000000924. The van der Waals surface area contributed by atoms with Crippen LogP contribution in [0, 0.1) is 12.7 Å². The Hall–Kier alpha value is -2.08. The molecule has 0 saturated carbocycles. The van der Waals surface area contributed by atoms with Gasteiger partial charge in [-0.2, -0.15) is 0 Å². The molecule has 6 heteroatoms. The van der Waals surface area contributed by atoms with E-state index in [0.29, 0.717) is 16.5 Å². The van der Waals surface area contributed by atoms with E-state index in [2.05, 4.69) is 9.97 Å². The highest BCUT2D eigenvalue weighted by molar-refractivity contribution is 7.84. The van der Waals surface area contributed by atoms with Gasteiger partial charge in [0, 0.05) is 25.1 Å². The number of aryl methyl sites for hydroxylation is 2. The van der Waals surface area contributed by atoms with Gasteiger partial charge in [0.1, 0.15) is 16.5 Å². The summed E-state index contributed by atoms with van der Waals surface area (Å²) in [7, 11) is 0.650. The van der Waals surface area contributed by atoms with Crippen molar-refractivity contribution in [2.75, 3.05) is 6.26 Å². The lowest BCUT2D eigenvalue weighted by Gasteiger charge is -2.08. The van der Waals surface area contributed by atoms with Gasteiger partial charge >= 0.3 is 0 Å². The Kier molecular flexibility index (Phi) is 5.26. The predicted molar refractivity (Wildman–Crippen MR) is 92.3 cm³/mol. The molecule has 0 N–H and O–H groups in total. The minimum atomic E-state index is -1.22. The normalized spacial score (nSPS) is 11.9. The summed E-state index contributed by atoms with van der Waals surface area (Å²) in [4.78, 5) is 8.96. The summed E-state index contributed by atoms with van der Waals surface area (Å²) in [5, 5.41) is 1.28. The van der Waals surface area contributed by atoms with Gasteiger partial charge in [-0.15, -0.1) is 0 Å². The number of hydrogen-bond acceptors (Lipinski definition) is 3. The zero-order chi connectivity index (χ0) is 17.1. The highest BCUT2D eigenvalue weighted by Gasteiger charge is 2.15. The number of hydrogen-bond donors (Lipinski definition) is 0. The van der Waals surface area contributed by atoms with Crippen LogP contribution in [0.2, 0.25) is 0 Å². The first kappa shape index (κ1) is 17.3. The van der Waals surface area contributed by atoms with Gasteiger partial charge in [-0.1, -0.05) is 13.8 Å². The third-order valence-corrected chi connectivity index (χ3v) is 4.25. The lowest BCUT2D eigenvalue weighted by Crippen LogP contribution is -2.01. The quantitative estimate of drug-likeness (QED) is 0.669. The first-order valence-electron chi connectivity index (χ1n) is 7.40. The number of nitrogens with zero attached hydrogens (tertiary/aromatic N) is 3. The smallest absolute Gasteiger partial charge is 0.163 e. The van der Waals surface area contributed by atoms with E-state index in [1.807, 2.05) is 37.7 Å². The molecule has 0 aliphatic rings. The Morgan fingerprint density at radius 3 is 2.48 bits per heavy atom. The van der Waals surface area contributed by atoms with Crippen molar-refractivity contribution >= 4 is 21.8 Å². The molecule has 23 heavy (non-hydrogen) atoms. The fourth-order valence-electron chi connectivity index (χ4n) is 2.33. The topological polar surface area (TPSA) is 47.8 Å². The number of halogens is 1. The highest BCUT2D eigenvalue weighted by atomic mass is 32.2. The molecule has 0 bridgehead atoms. The fourth-order valence-corrected chi connectivity index (χ4v) is 3.01. The first-order chi connectivity index (χ1) is 11.0. The second-order valence-electron chi connectivity index (χ2n) is 4.93. The first-order valence-corrected chi connectivity index (χ1v) is 8.96. The zero-order valence-electron chi connectivity index (χ0n) is 13.9. The maximum Gasteiger partial charge on any atom is 0.163 e. The number of fused-ring (bicyclic) bond motifs is 1. The molecule has 0 aliphatic heterocycles. The molecular formula is C17H20FN3OS. The van der Waals surface area contributed by atoms with E-state index in [0.717, 1.165) is 16.5 Å². The third-order valence-electron chi connectivity index (χ3n) is 3.39. The Morgan fingerprint density at radius 2 is 1.87 bits per heavy atom. The molecule has 2 heterocycles. The van der Waals surface area contributed by atoms with Crippen LogP contribution in [0.4, 0.5) is 4.39 Å². The molecule has 0 spiro atoms. The van der Waals surface area contributed by atoms with Crippen LogP contribution in [0.5, 0.6) is 0 Å². The van der Waals surface area contributed by atoms with Crippen molar-refractivity contribution in [2.45, 2.75) is 25.8 Å². The summed E-state index contributed by atoms with van der Waals surface area (Å²) in [5.74, 6) is 0.169. The van der Waals surface area contributed by atoms with Crippen molar-refractivity contribution in [3.05, 3.63) is 41.8 Å². The fraction of sp³-hybridized carbons (Fsp3) is 0.294. The van der Waals surface area contributed by atoms with Crippen LogP contribution >= 0.6 is 0 Å². The second-order valence-corrected chi connectivity index (χ2v) is 6.22. The molecule has 1 aromatic carbocycles. The van der Waals surface area contributed by atoms with Crippen LogP contribution in [-0.2, 0) is 17.8 Å². The third kappa shape index (κ3) is 3.32. The number of benzene rings is 1. The van der Waals surface area contributed by atoms with Gasteiger partial charge in [-0.3, -0.25) is 4.21 Å². The molecule has 0 amide bonds. The standard InChI is InChI=1S/C15H14FN3OS.C2H6/c1-9-8-10(16)4-5-11(9)13-17-14-12(6-7-19(14)2)15(18-13)21(3)20;1-2/h4-8H,1-3H3;1-2H3. The van der Waals surface area contributed by atoms with E-state index in [4.69, 9.17) is 0 Å². The minimum Gasteiger partial charge on any atom is -0.335 e. The average molecular weight is 333 g/mol. The van der Waals surface area contributed by atoms with Gasteiger partial charge in [0.05, 0.1) is 16.2 Å². The molecule has 0 radical (unpaired) electrons. The van der Waals surface area contributed by atoms with Gasteiger partial charge < -0.3 is 4.57 Å². The summed E-state index contributed by atoms with van der Waals surface area (Å²) in [6.07, 6.45) is 3.45. The van der Waals surface area contributed by atoms with E-state index in [1.54, 1.807) is 19.2 Å². The second kappa shape index (κ2) is 7.00. The monoisotopic (exact) mass is 333 g/mol. The Labute approximate surface area is 137 Å². The molecule has 122 valence electrons. The van der Waals surface area contributed by atoms with Crippen LogP contribution in [0.15, 0.2) is 35.5 Å². The minimum absolute atomic E-state index is 0.296. The SMILES string of the molecule is CC.Cc1cc(F)ccc1-c1nc(S(C)=O)c2ccn(C)c2n1. The lowest BCUT2D eigenvalue weighted by atomic mass is 10.1. The molecule has 0 saturated heterocycles. The molecule has 3 aromatic rings. The van der Waals surface area contributed by atoms with E-state index in [1.165, 1.54) is 12.1 Å². The van der Waals surface area contributed by atoms with Crippen molar-refractivity contribution in [3.8, 4) is 11.4 Å². The summed E-state index contributed by atoms with van der Waals surface area (Å²) in [6.45, 7) is 5.81. The molecule has 2 aromatic heterocycles. The average Bonchev–Trinajstić information content (AvgIpc) is 2.90. The summed E-state index contributed by atoms with van der Waals surface area (Å²) in [6, 6.07) is 6.32. The van der Waals surface area contributed by atoms with Crippen LogP contribution in [0.25, 0.3) is 22.4 Å². The maximum absolute atomic E-state index is 13.2. The summed E-state index contributed by atoms with van der Waals surface area (Å²) >= 11 is 0. The summed E-state index contributed by atoms with van der Waals surface area (Å²) in [5.41, 5.74) is 2.21. The number of rotatable bonds is 2. The van der Waals surface area contributed by atoms with E-state index < -0.39 is 10.8 Å². The van der Waals surface area contributed by atoms with Gasteiger partial charge in [0.2, 0.25) is 0 Å². The molecule has 4 nitrogen and oxygen atoms in total. The highest BCUT2D eigenvalue weighted by Crippen LogP contribution is 2.26. The Bertz CT molecular complexity index is 874. The molecule has 3 rings (SSSR count). The Morgan fingerprint density at radius 1 is 1.17 bits per heavy atom. The van der Waals surface area contributed by atoms with Crippen LogP contribution < -0.4 is 0 Å². The van der Waals surface area contributed by atoms with Gasteiger partial charge in [0.15, 0.2) is 5.82 Å². The predicted octanol–water partition coefficient (Wildman–Crippen LogP) is 3.85. The zero-order valence-corrected chi connectivity index (χ0v) is 14.7. The van der Waals surface area contributed by atoms with Gasteiger partial charge in [0.25, 0.3) is 0 Å². The van der Waals surface area contributed by atoms with E-state index in [-0.39, 0.29) is 5.82 Å². The van der Waals surface area contributed by atoms with Crippen molar-refractivity contribution in [1.82, 2.24) is 14.5 Å². The van der Waals surface area contributed by atoms with Crippen LogP contribution in [0.1, 0.15) is 19.4 Å². The van der Waals surface area contributed by atoms with Gasteiger partial charge in [-0.05, 0) is 36.8 Å². The van der Waals surface area contributed by atoms with Crippen LogP contribution in [-0.4, -0.2) is 25.0 Å². The molecular weight excluding hydrogens is 313 g/mol. The van der Waals surface area contributed by atoms with E-state index >= 15 is 0 Å². The molecule has 1 atom stereocenters. The van der Waals surface area contributed by atoms with E-state index in [9.17, 15) is 8.60 Å². The molecule has 0 aliphatic carbocycles. The van der Waals surface area contributed by atoms with Crippen molar-refractivity contribution in [2.24, 2.45) is 7.05 Å². The van der Waals surface area contributed by atoms with Crippen molar-refractivity contribution in [1.29, 1.82) is 0 Å². The maximum atomic E-state index is 13.2. The lowest BCUT2D eigenvalue weighted by molar-refractivity contribution is 0.627. The van der Waals surface area contributed by atoms with Gasteiger partial charge in [-0.25, -0.2) is 14.4 Å². The molecule has 1 unspecified atom stereocenters. The van der Waals surface area contributed by atoms with Crippen molar-refractivity contribution in [3.63, 3.8) is 0 Å². The summed E-state index contributed by atoms with van der Waals surface area (Å²) < 4.78 is 27.0.